The first kappa shape index (κ1) is 21.4. The number of hydrogen-bond acceptors (Lipinski definition) is 3. The zero-order valence-corrected chi connectivity index (χ0v) is 18.4. The molecule has 0 radical (unpaired) electrons. The second-order valence-corrected chi connectivity index (χ2v) is 7.83. The molecule has 0 saturated carbocycles. The summed E-state index contributed by atoms with van der Waals surface area (Å²) >= 11 is 0. The molecule has 0 spiro atoms. The first-order chi connectivity index (χ1) is 14.1. The van der Waals surface area contributed by atoms with E-state index in [-0.39, 0.29) is 0 Å². The van der Waals surface area contributed by atoms with E-state index in [0.717, 1.165) is 51.6 Å². The molecule has 158 valence electrons. The van der Waals surface area contributed by atoms with Crippen molar-refractivity contribution in [2.24, 2.45) is 12.0 Å². The Bertz CT molecular complexity index is 775. The molecular weight excluding hydrogens is 360 g/mol. The fraction of sp³-hybridized carbons (Fsp3) is 0.565. The summed E-state index contributed by atoms with van der Waals surface area (Å²) < 4.78 is 1.89. The van der Waals surface area contributed by atoms with Gasteiger partial charge in [0.15, 0.2) is 5.96 Å². The van der Waals surface area contributed by atoms with Crippen LogP contribution in [0.3, 0.4) is 0 Å². The minimum atomic E-state index is 0.534. The molecule has 6 heteroatoms. The summed E-state index contributed by atoms with van der Waals surface area (Å²) in [6.07, 6.45) is 5.28. The van der Waals surface area contributed by atoms with Crippen LogP contribution in [-0.2, 0) is 20.1 Å². The summed E-state index contributed by atoms with van der Waals surface area (Å²) in [6, 6.07) is 8.91. The number of nitrogens with one attached hydrogen (secondary N) is 1. The Morgan fingerprint density at radius 1 is 1.17 bits per heavy atom. The molecule has 2 aromatic rings. The van der Waals surface area contributed by atoms with Crippen molar-refractivity contribution >= 4 is 5.96 Å². The molecule has 2 heterocycles. The van der Waals surface area contributed by atoms with Crippen LogP contribution in [0.15, 0.2) is 41.7 Å². The largest absolute Gasteiger partial charge is 0.357 e. The van der Waals surface area contributed by atoms with Crippen molar-refractivity contribution in [3.8, 4) is 0 Å². The fourth-order valence-electron chi connectivity index (χ4n) is 3.92. The highest BCUT2D eigenvalue weighted by atomic mass is 15.3. The van der Waals surface area contributed by atoms with E-state index in [0.29, 0.717) is 12.5 Å². The van der Waals surface area contributed by atoms with Gasteiger partial charge < -0.3 is 10.2 Å². The molecule has 6 nitrogen and oxygen atoms in total. The molecule has 1 aromatic heterocycles. The number of hydrogen-bond donors (Lipinski definition) is 1. The predicted molar refractivity (Wildman–Crippen MR) is 120 cm³/mol. The van der Waals surface area contributed by atoms with Gasteiger partial charge in [-0.05, 0) is 43.1 Å². The summed E-state index contributed by atoms with van der Waals surface area (Å²) in [5.41, 5.74) is 3.95. The number of nitrogens with zero attached hydrogens (tertiary/aromatic N) is 5. The SMILES string of the molecule is CCNC(=NCc1ccc(CN(CC)CC)cc1)N1CCC(c2cnn(C)c2)C1. The molecule has 0 aliphatic carbocycles. The molecule has 1 N–H and O–H groups in total. The van der Waals surface area contributed by atoms with Gasteiger partial charge in [0.2, 0.25) is 0 Å². The van der Waals surface area contributed by atoms with Crippen LogP contribution in [0, 0.1) is 0 Å². The van der Waals surface area contributed by atoms with E-state index < -0.39 is 0 Å². The smallest absolute Gasteiger partial charge is 0.194 e. The van der Waals surface area contributed by atoms with E-state index in [1.807, 2.05) is 17.9 Å². The topological polar surface area (TPSA) is 48.7 Å². The number of aliphatic imine (C=N–C) groups is 1. The predicted octanol–water partition coefficient (Wildman–Crippen LogP) is 3.22. The Kier molecular flexibility index (Phi) is 7.69. The highest BCUT2D eigenvalue weighted by Crippen LogP contribution is 2.26. The van der Waals surface area contributed by atoms with Gasteiger partial charge in [-0.25, -0.2) is 4.99 Å². The first-order valence-electron chi connectivity index (χ1n) is 10.9. The minimum absolute atomic E-state index is 0.534. The lowest BCUT2D eigenvalue weighted by Gasteiger charge is -2.21. The summed E-state index contributed by atoms with van der Waals surface area (Å²) in [6.45, 7) is 13.4. The van der Waals surface area contributed by atoms with Gasteiger partial charge in [0.1, 0.15) is 0 Å². The van der Waals surface area contributed by atoms with Crippen molar-refractivity contribution in [1.82, 2.24) is 24.9 Å². The minimum Gasteiger partial charge on any atom is -0.357 e. The third-order valence-electron chi connectivity index (χ3n) is 5.75. The fourth-order valence-corrected chi connectivity index (χ4v) is 3.92. The Morgan fingerprint density at radius 2 is 1.90 bits per heavy atom. The summed E-state index contributed by atoms with van der Waals surface area (Å²) in [5, 5.41) is 7.80. The van der Waals surface area contributed by atoms with Gasteiger partial charge >= 0.3 is 0 Å². The van der Waals surface area contributed by atoms with E-state index in [1.54, 1.807) is 0 Å². The van der Waals surface area contributed by atoms with Crippen molar-refractivity contribution in [1.29, 1.82) is 0 Å². The van der Waals surface area contributed by atoms with E-state index in [2.05, 4.69) is 71.4 Å². The zero-order chi connectivity index (χ0) is 20.6. The van der Waals surface area contributed by atoms with Gasteiger partial charge in [0, 0.05) is 45.3 Å². The zero-order valence-electron chi connectivity index (χ0n) is 18.4. The summed E-state index contributed by atoms with van der Waals surface area (Å²) in [5.74, 6) is 1.55. The van der Waals surface area contributed by atoms with E-state index in [4.69, 9.17) is 4.99 Å². The average molecular weight is 397 g/mol. The Morgan fingerprint density at radius 3 is 2.52 bits per heavy atom. The number of likely N-dealkylation sites (tertiary alicyclic amines) is 1. The molecule has 0 bridgehead atoms. The highest BCUT2D eigenvalue weighted by molar-refractivity contribution is 5.80. The van der Waals surface area contributed by atoms with E-state index >= 15 is 0 Å². The quantitative estimate of drug-likeness (QED) is 0.550. The van der Waals surface area contributed by atoms with E-state index in [9.17, 15) is 0 Å². The van der Waals surface area contributed by atoms with Gasteiger partial charge in [0.05, 0.1) is 12.7 Å². The third-order valence-corrected chi connectivity index (χ3v) is 5.75. The lowest BCUT2D eigenvalue weighted by atomic mass is 10.0. The molecule has 29 heavy (non-hydrogen) atoms. The van der Waals surface area contributed by atoms with Gasteiger partial charge in [-0.3, -0.25) is 9.58 Å². The maximum Gasteiger partial charge on any atom is 0.194 e. The normalized spacial score (nSPS) is 17.3. The van der Waals surface area contributed by atoms with Crippen LogP contribution in [0.1, 0.15) is 49.8 Å². The van der Waals surface area contributed by atoms with Crippen molar-refractivity contribution in [2.75, 3.05) is 32.7 Å². The lowest BCUT2D eigenvalue weighted by molar-refractivity contribution is 0.296. The van der Waals surface area contributed by atoms with Crippen LogP contribution in [0.25, 0.3) is 0 Å². The molecular formula is C23H36N6. The van der Waals surface area contributed by atoms with Crippen molar-refractivity contribution in [3.63, 3.8) is 0 Å². The number of aryl methyl sites for hydroxylation is 1. The average Bonchev–Trinajstić information content (AvgIpc) is 3.39. The summed E-state index contributed by atoms with van der Waals surface area (Å²) in [7, 11) is 1.98. The van der Waals surface area contributed by atoms with Crippen molar-refractivity contribution in [3.05, 3.63) is 53.3 Å². The molecule has 1 atom stereocenters. The molecule has 0 amide bonds. The lowest BCUT2D eigenvalue weighted by Crippen LogP contribution is -2.40. The van der Waals surface area contributed by atoms with Crippen molar-refractivity contribution < 1.29 is 0 Å². The summed E-state index contributed by atoms with van der Waals surface area (Å²) in [4.78, 5) is 9.74. The first-order valence-corrected chi connectivity index (χ1v) is 10.9. The van der Waals surface area contributed by atoms with Crippen LogP contribution in [-0.4, -0.2) is 58.3 Å². The molecule has 1 fully saturated rings. The second-order valence-electron chi connectivity index (χ2n) is 7.83. The van der Waals surface area contributed by atoms with Crippen LogP contribution in [0.5, 0.6) is 0 Å². The van der Waals surface area contributed by atoms with E-state index in [1.165, 1.54) is 16.7 Å². The highest BCUT2D eigenvalue weighted by Gasteiger charge is 2.26. The Hall–Kier alpha value is -2.34. The molecule has 1 unspecified atom stereocenters. The Balaban J connectivity index is 1.60. The van der Waals surface area contributed by atoms with Gasteiger partial charge in [-0.2, -0.15) is 5.10 Å². The maximum atomic E-state index is 4.92. The van der Waals surface area contributed by atoms with Crippen molar-refractivity contribution in [2.45, 2.75) is 46.2 Å². The van der Waals surface area contributed by atoms with Gasteiger partial charge in [-0.15, -0.1) is 0 Å². The maximum absolute atomic E-state index is 4.92. The number of aromatic nitrogens is 2. The Labute approximate surface area is 175 Å². The molecule has 1 aliphatic rings. The monoisotopic (exact) mass is 396 g/mol. The molecule has 1 aromatic carbocycles. The molecule has 3 rings (SSSR count). The molecule has 1 aliphatic heterocycles. The number of benzene rings is 1. The second kappa shape index (κ2) is 10.4. The van der Waals surface area contributed by atoms with Crippen LogP contribution in [0.4, 0.5) is 0 Å². The van der Waals surface area contributed by atoms with Gasteiger partial charge in [0.25, 0.3) is 0 Å². The van der Waals surface area contributed by atoms with Crippen LogP contribution >= 0.6 is 0 Å². The third kappa shape index (κ3) is 5.82. The van der Waals surface area contributed by atoms with Crippen LogP contribution < -0.4 is 5.32 Å². The van der Waals surface area contributed by atoms with Crippen LogP contribution in [0.2, 0.25) is 0 Å². The number of rotatable bonds is 8. The van der Waals surface area contributed by atoms with Gasteiger partial charge in [-0.1, -0.05) is 38.1 Å². The standard InChI is InChI=1S/C23H36N6/c1-5-24-23(29-13-12-21(18-29)22-15-26-27(4)17-22)25-14-19-8-10-20(11-9-19)16-28(6-2)7-3/h8-11,15,17,21H,5-7,12-14,16,18H2,1-4H3,(H,24,25). The number of guanidine groups is 1. The molecule has 1 saturated heterocycles.